The van der Waals surface area contributed by atoms with Crippen LogP contribution < -0.4 is 4.90 Å². The first kappa shape index (κ1) is 19.8. The van der Waals surface area contributed by atoms with Gasteiger partial charge in [0.15, 0.2) is 0 Å². The van der Waals surface area contributed by atoms with Crippen molar-refractivity contribution in [3.63, 3.8) is 0 Å². The minimum atomic E-state index is 0.143. The van der Waals surface area contributed by atoms with Crippen molar-refractivity contribution in [2.75, 3.05) is 38.2 Å². The summed E-state index contributed by atoms with van der Waals surface area (Å²) in [6, 6.07) is 8.18. The normalized spacial score (nSPS) is 20.3. The Labute approximate surface area is 172 Å². The molecule has 2 aromatic rings. The van der Waals surface area contributed by atoms with Gasteiger partial charge in [-0.15, -0.1) is 0 Å². The van der Waals surface area contributed by atoms with Gasteiger partial charge in [-0.1, -0.05) is 12.1 Å². The highest BCUT2D eigenvalue weighted by Crippen LogP contribution is 2.25. The molecule has 4 rings (SSSR count). The predicted molar refractivity (Wildman–Crippen MR) is 113 cm³/mol. The summed E-state index contributed by atoms with van der Waals surface area (Å²) in [6.07, 6.45) is 7.89. The quantitative estimate of drug-likeness (QED) is 0.780. The highest BCUT2D eigenvalue weighted by molar-refractivity contribution is 5.94. The first-order valence-corrected chi connectivity index (χ1v) is 10.6. The van der Waals surface area contributed by atoms with Gasteiger partial charge in [0.1, 0.15) is 5.82 Å². The van der Waals surface area contributed by atoms with Crippen LogP contribution in [-0.2, 0) is 11.2 Å². The molecule has 3 heterocycles. The summed E-state index contributed by atoms with van der Waals surface area (Å²) >= 11 is 0. The first-order valence-electron chi connectivity index (χ1n) is 10.6. The Morgan fingerprint density at radius 1 is 1.17 bits per heavy atom. The fourth-order valence-electron chi connectivity index (χ4n) is 4.45. The molecular formula is C23H30N4O2. The second-order valence-corrected chi connectivity index (χ2v) is 8.25. The van der Waals surface area contributed by atoms with Gasteiger partial charge in [-0.3, -0.25) is 9.78 Å². The average molecular weight is 395 g/mol. The van der Waals surface area contributed by atoms with Crippen LogP contribution >= 0.6 is 0 Å². The third-order valence-electron chi connectivity index (χ3n) is 6.11. The van der Waals surface area contributed by atoms with E-state index in [9.17, 15) is 4.79 Å². The molecule has 0 spiro atoms. The second-order valence-electron chi connectivity index (χ2n) is 8.25. The molecule has 1 aromatic heterocycles. The largest absolute Gasteiger partial charge is 0.381 e. The zero-order valence-electron chi connectivity index (χ0n) is 17.4. The summed E-state index contributed by atoms with van der Waals surface area (Å²) in [6.45, 7) is 5.52. The maximum absolute atomic E-state index is 12.9. The number of likely N-dealkylation sites (tertiary alicyclic amines) is 1. The molecule has 1 aromatic carbocycles. The highest BCUT2D eigenvalue weighted by atomic mass is 16.5. The van der Waals surface area contributed by atoms with Crippen molar-refractivity contribution in [2.24, 2.45) is 5.92 Å². The van der Waals surface area contributed by atoms with Crippen LogP contribution in [0.25, 0.3) is 0 Å². The number of aryl methyl sites for hydroxylation is 1. The maximum atomic E-state index is 12.9. The van der Waals surface area contributed by atoms with Crippen molar-refractivity contribution in [1.29, 1.82) is 0 Å². The van der Waals surface area contributed by atoms with Crippen molar-refractivity contribution >= 4 is 11.7 Å². The number of hydrogen-bond acceptors (Lipinski definition) is 5. The van der Waals surface area contributed by atoms with Gasteiger partial charge in [0.2, 0.25) is 0 Å². The van der Waals surface area contributed by atoms with Crippen LogP contribution in [-0.4, -0.2) is 60.2 Å². The molecule has 2 aliphatic rings. The summed E-state index contributed by atoms with van der Waals surface area (Å²) in [5.74, 6) is 1.68. The zero-order chi connectivity index (χ0) is 20.2. The molecule has 0 bridgehead atoms. The smallest absolute Gasteiger partial charge is 0.253 e. The van der Waals surface area contributed by atoms with E-state index in [-0.39, 0.29) is 12.0 Å². The Bertz CT molecular complexity index is 848. The molecule has 2 fully saturated rings. The van der Waals surface area contributed by atoms with Gasteiger partial charge in [-0.2, -0.15) is 0 Å². The Morgan fingerprint density at radius 3 is 2.76 bits per heavy atom. The van der Waals surface area contributed by atoms with Crippen LogP contribution in [0.5, 0.6) is 0 Å². The second kappa shape index (κ2) is 8.91. The molecule has 1 atom stereocenters. The zero-order valence-corrected chi connectivity index (χ0v) is 17.4. The lowest BCUT2D eigenvalue weighted by molar-refractivity contribution is 0.0350. The highest BCUT2D eigenvalue weighted by Gasteiger charge is 2.26. The summed E-state index contributed by atoms with van der Waals surface area (Å²) in [4.78, 5) is 26.1. The number of anilines is 1. The van der Waals surface area contributed by atoms with Crippen LogP contribution in [0, 0.1) is 12.8 Å². The fraction of sp³-hybridized carbons (Fsp3) is 0.522. The van der Waals surface area contributed by atoms with E-state index < -0.39 is 0 Å². The molecule has 2 aliphatic heterocycles. The molecule has 2 saturated heterocycles. The molecule has 6 heteroatoms. The van der Waals surface area contributed by atoms with Crippen LogP contribution in [0.4, 0.5) is 5.82 Å². The van der Waals surface area contributed by atoms with E-state index in [1.807, 2.05) is 30.2 Å². The molecule has 29 heavy (non-hydrogen) atoms. The van der Waals surface area contributed by atoms with E-state index in [0.29, 0.717) is 5.92 Å². The number of nitrogens with zero attached hydrogens (tertiary/aromatic N) is 4. The Kier molecular flexibility index (Phi) is 6.09. The van der Waals surface area contributed by atoms with Gasteiger partial charge in [-0.25, -0.2) is 4.98 Å². The Balaban J connectivity index is 1.36. The van der Waals surface area contributed by atoms with Crippen LogP contribution in [0.15, 0.2) is 36.7 Å². The lowest BCUT2D eigenvalue weighted by atomic mass is 9.97. The number of piperidine rings is 1. The van der Waals surface area contributed by atoms with Crippen LogP contribution in [0.1, 0.15) is 40.9 Å². The van der Waals surface area contributed by atoms with E-state index in [2.05, 4.69) is 27.0 Å². The number of rotatable bonds is 5. The van der Waals surface area contributed by atoms with E-state index in [1.54, 1.807) is 13.3 Å². The number of ether oxygens (including phenoxy) is 1. The predicted octanol–water partition coefficient (Wildman–Crippen LogP) is 3.11. The average Bonchev–Trinajstić information content (AvgIpc) is 3.22. The van der Waals surface area contributed by atoms with Crippen LogP contribution in [0.3, 0.4) is 0 Å². The first-order chi connectivity index (χ1) is 14.1. The van der Waals surface area contributed by atoms with Gasteiger partial charge < -0.3 is 14.5 Å². The van der Waals surface area contributed by atoms with Gasteiger partial charge >= 0.3 is 0 Å². The summed E-state index contributed by atoms with van der Waals surface area (Å²) in [5, 5.41) is 0. The van der Waals surface area contributed by atoms with Gasteiger partial charge in [-0.05, 0) is 56.2 Å². The number of aromatic nitrogens is 2. The summed E-state index contributed by atoms with van der Waals surface area (Å²) in [7, 11) is 1.75. The SMILES string of the molecule is COC1CCN(C(=O)c2cccc(CC3CCN(c4cncc(C)n4)C3)c2)CC1. The Hall–Kier alpha value is -2.47. The molecule has 0 saturated carbocycles. The van der Waals surface area contributed by atoms with Crippen molar-refractivity contribution in [1.82, 2.24) is 14.9 Å². The van der Waals surface area contributed by atoms with Crippen LogP contribution in [0.2, 0.25) is 0 Å². The number of carbonyl (C=O) groups is 1. The standard InChI is InChI=1S/C23H30N4O2/c1-17-14-24-15-22(25-17)27-9-6-19(16-27)12-18-4-3-5-20(13-18)23(28)26-10-7-21(29-2)8-11-26/h3-5,13-15,19,21H,6-12,16H2,1-2H3. The number of amides is 1. The molecular weight excluding hydrogens is 364 g/mol. The van der Waals surface area contributed by atoms with Gasteiger partial charge in [0.05, 0.1) is 18.0 Å². The third-order valence-corrected chi connectivity index (χ3v) is 6.11. The summed E-state index contributed by atoms with van der Waals surface area (Å²) in [5.41, 5.74) is 2.99. The van der Waals surface area contributed by atoms with Crippen molar-refractivity contribution < 1.29 is 9.53 Å². The van der Waals surface area contributed by atoms with Crippen molar-refractivity contribution in [3.05, 3.63) is 53.5 Å². The van der Waals surface area contributed by atoms with Gasteiger partial charge in [0, 0.05) is 45.0 Å². The molecule has 0 radical (unpaired) electrons. The third kappa shape index (κ3) is 4.75. The number of benzene rings is 1. The molecule has 1 amide bonds. The van der Waals surface area contributed by atoms with Crippen molar-refractivity contribution in [2.45, 2.75) is 38.7 Å². The fourth-order valence-corrected chi connectivity index (χ4v) is 4.45. The number of hydrogen-bond donors (Lipinski definition) is 0. The van der Waals surface area contributed by atoms with E-state index >= 15 is 0 Å². The van der Waals surface area contributed by atoms with E-state index in [0.717, 1.165) is 68.9 Å². The van der Waals surface area contributed by atoms with Crippen molar-refractivity contribution in [3.8, 4) is 0 Å². The lowest BCUT2D eigenvalue weighted by Gasteiger charge is -2.31. The number of carbonyl (C=O) groups excluding carboxylic acids is 1. The molecule has 1 unspecified atom stereocenters. The number of methoxy groups -OCH3 is 1. The minimum Gasteiger partial charge on any atom is -0.381 e. The van der Waals surface area contributed by atoms with E-state index in [1.165, 1.54) is 5.56 Å². The minimum absolute atomic E-state index is 0.143. The molecule has 0 N–H and O–H groups in total. The molecule has 0 aliphatic carbocycles. The van der Waals surface area contributed by atoms with Gasteiger partial charge in [0.25, 0.3) is 5.91 Å². The molecule has 154 valence electrons. The maximum Gasteiger partial charge on any atom is 0.253 e. The monoisotopic (exact) mass is 394 g/mol. The summed E-state index contributed by atoms with van der Waals surface area (Å²) < 4.78 is 5.42. The topological polar surface area (TPSA) is 58.6 Å². The molecule has 6 nitrogen and oxygen atoms in total. The lowest BCUT2D eigenvalue weighted by Crippen LogP contribution is -2.40. The Morgan fingerprint density at radius 2 is 2.00 bits per heavy atom. The van der Waals surface area contributed by atoms with E-state index in [4.69, 9.17) is 4.74 Å².